The predicted molar refractivity (Wildman–Crippen MR) is 122 cm³/mol. The van der Waals surface area contributed by atoms with E-state index < -0.39 is 0 Å². The van der Waals surface area contributed by atoms with Gasteiger partial charge in [0, 0.05) is 17.0 Å². The fourth-order valence-electron chi connectivity index (χ4n) is 3.37. The molecule has 0 saturated carbocycles. The van der Waals surface area contributed by atoms with Crippen molar-refractivity contribution in [1.82, 2.24) is 4.98 Å². The molecule has 1 aliphatic heterocycles. The number of esters is 1. The Balaban J connectivity index is 1.76. The Morgan fingerprint density at radius 2 is 2.00 bits per heavy atom. The van der Waals surface area contributed by atoms with E-state index in [9.17, 15) is 4.79 Å². The van der Waals surface area contributed by atoms with Crippen molar-refractivity contribution in [2.75, 3.05) is 11.6 Å². The fourth-order valence-corrected chi connectivity index (χ4v) is 4.85. The topological polar surface area (TPSA) is 54.8 Å². The second-order valence-corrected chi connectivity index (χ2v) is 8.60. The summed E-state index contributed by atoms with van der Waals surface area (Å²) in [7, 11) is 0. The molecule has 1 aliphatic rings. The first kappa shape index (κ1) is 20.8. The molecule has 4 rings (SSSR count). The number of nitrogens with zero attached hydrogens (tertiary/aromatic N) is 3. The number of thiazole rings is 1. The molecule has 30 heavy (non-hydrogen) atoms. The molecular formula is C22H19Cl2N3O2S. The lowest BCUT2D eigenvalue weighted by Gasteiger charge is -2.21. The van der Waals surface area contributed by atoms with Crippen LogP contribution in [-0.2, 0) is 4.74 Å². The quantitative estimate of drug-likeness (QED) is 0.420. The van der Waals surface area contributed by atoms with Crippen molar-refractivity contribution in [3.05, 3.63) is 80.3 Å². The highest BCUT2D eigenvalue weighted by atomic mass is 35.5. The molecular weight excluding hydrogens is 441 g/mol. The minimum absolute atomic E-state index is 0.0615. The maximum absolute atomic E-state index is 12.3. The van der Waals surface area contributed by atoms with Crippen molar-refractivity contribution in [1.29, 1.82) is 0 Å². The lowest BCUT2D eigenvalue weighted by atomic mass is 9.98. The van der Waals surface area contributed by atoms with Crippen LogP contribution in [0.4, 0.5) is 5.13 Å². The summed E-state index contributed by atoms with van der Waals surface area (Å²) in [6.45, 7) is 3.91. The van der Waals surface area contributed by atoms with Crippen molar-refractivity contribution in [2.24, 2.45) is 5.10 Å². The van der Waals surface area contributed by atoms with Crippen LogP contribution < -0.4 is 5.01 Å². The van der Waals surface area contributed by atoms with E-state index in [2.05, 4.69) is 17.1 Å². The van der Waals surface area contributed by atoms with E-state index in [1.54, 1.807) is 26.0 Å². The molecule has 2 aromatic carbocycles. The standard InChI is InChI=1S/C22H19Cl2N3O2S/c1-3-29-21(28)20-13(2)25-22(30-20)27-19(14-7-5-4-6-8-14)12-18(26-27)16-10-9-15(23)11-17(16)24/h4-11,19H,3,12H2,1-2H3/t19-/m1/s1. The van der Waals surface area contributed by atoms with Crippen LogP contribution in [0.3, 0.4) is 0 Å². The van der Waals surface area contributed by atoms with Crippen molar-refractivity contribution >= 4 is 51.4 Å². The predicted octanol–water partition coefficient (Wildman–Crippen LogP) is 6.29. The molecule has 0 spiro atoms. The molecule has 0 fully saturated rings. The number of carbonyl (C=O) groups excluding carboxylic acids is 1. The molecule has 2 heterocycles. The Bertz CT molecular complexity index is 1110. The number of hydrogen-bond donors (Lipinski definition) is 0. The van der Waals surface area contributed by atoms with E-state index in [1.807, 2.05) is 29.3 Å². The van der Waals surface area contributed by atoms with Crippen molar-refractivity contribution in [3.8, 4) is 0 Å². The Kier molecular flexibility index (Phi) is 6.09. The van der Waals surface area contributed by atoms with E-state index in [0.717, 1.165) is 16.8 Å². The zero-order valence-corrected chi connectivity index (χ0v) is 18.8. The minimum Gasteiger partial charge on any atom is -0.462 e. The maximum Gasteiger partial charge on any atom is 0.350 e. The highest BCUT2D eigenvalue weighted by molar-refractivity contribution is 7.17. The van der Waals surface area contributed by atoms with Gasteiger partial charge < -0.3 is 4.74 Å². The molecule has 3 aromatic rings. The first-order valence-corrected chi connectivity index (χ1v) is 11.1. The first-order valence-electron chi connectivity index (χ1n) is 9.49. The van der Waals surface area contributed by atoms with Gasteiger partial charge in [-0.1, -0.05) is 70.9 Å². The average molecular weight is 460 g/mol. The molecule has 0 amide bonds. The second kappa shape index (κ2) is 8.76. The normalized spacial score (nSPS) is 15.9. The summed E-state index contributed by atoms with van der Waals surface area (Å²) in [5.41, 5.74) is 3.42. The molecule has 5 nitrogen and oxygen atoms in total. The molecule has 0 aliphatic carbocycles. The molecule has 1 aromatic heterocycles. The van der Waals surface area contributed by atoms with E-state index in [0.29, 0.717) is 38.8 Å². The van der Waals surface area contributed by atoms with E-state index in [1.165, 1.54) is 11.3 Å². The summed E-state index contributed by atoms with van der Waals surface area (Å²) >= 11 is 13.8. The molecule has 0 bridgehead atoms. The van der Waals surface area contributed by atoms with Gasteiger partial charge in [0.2, 0.25) is 5.13 Å². The lowest BCUT2D eigenvalue weighted by Crippen LogP contribution is -2.18. The zero-order valence-electron chi connectivity index (χ0n) is 16.4. The number of ether oxygens (including phenoxy) is 1. The van der Waals surface area contributed by atoms with Crippen molar-refractivity contribution in [2.45, 2.75) is 26.3 Å². The summed E-state index contributed by atoms with van der Waals surface area (Å²) in [6.07, 6.45) is 0.652. The van der Waals surface area contributed by atoms with Crippen molar-refractivity contribution < 1.29 is 9.53 Å². The average Bonchev–Trinajstić information content (AvgIpc) is 3.33. The van der Waals surface area contributed by atoms with Gasteiger partial charge in [-0.25, -0.2) is 14.8 Å². The molecule has 0 unspecified atom stereocenters. The number of halogens is 2. The highest BCUT2D eigenvalue weighted by Crippen LogP contribution is 2.40. The van der Waals surface area contributed by atoms with Gasteiger partial charge in [0.15, 0.2) is 0 Å². The summed E-state index contributed by atoms with van der Waals surface area (Å²) in [5.74, 6) is -0.362. The van der Waals surface area contributed by atoms with E-state index in [4.69, 9.17) is 33.0 Å². The third-order valence-electron chi connectivity index (χ3n) is 4.78. The maximum atomic E-state index is 12.3. The molecule has 8 heteroatoms. The Hall–Kier alpha value is -2.41. The highest BCUT2D eigenvalue weighted by Gasteiger charge is 2.33. The van der Waals surface area contributed by atoms with Crippen LogP contribution in [0.2, 0.25) is 10.0 Å². The van der Waals surface area contributed by atoms with E-state index >= 15 is 0 Å². The summed E-state index contributed by atoms with van der Waals surface area (Å²) in [6, 6.07) is 15.4. The van der Waals surface area contributed by atoms with Gasteiger partial charge >= 0.3 is 5.97 Å². The van der Waals surface area contributed by atoms with Crippen molar-refractivity contribution in [3.63, 3.8) is 0 Å². The summed E-state index contributed by atoms with van der Waals surface area (Å²) in [4.78, 5) is 17.4. The molecule has 154 valence electrons. The second-order valence-electron chi connectivity index (χ2n) is 6.78. The summed E-state index contributed by atoms with van der Waals surface area (Å²) < 4.78 is 5.16. The number of hydrogen-bond acceptors (Lipinski definition) is 6. The van der Waals surface area contributed by atoms with Crippen LogP contribution in [-0.4, -0.2) is 23.3 Å². The number of anilines is 1. The Labute approximate surface area is 188 Å². The van der Waals surface area contributed by atoms with Crippen LogP contribution in [0, 0.1) is 6.92 Å². The van der Waals surface area contributed by atoms with Crippen LogP contribution in [0.15, 0.2) is 53.6 Å². The first-order chi connectivity index (χ1) is 14.5. The largest absolute Gasteiger partial charge is 0.462 e. The number of aryl methyl sites for hydroxylation is 1. The zero-order chi connectivity index (χ0) is 21.3. The minimum atomic E-state index is -0.362. The number of benzene rings is 2. The lowest BCUT2D eigenvalue weighted by molar-refractivity contribution is 0.0531. The number of aromatic nitrogens is 1. The molecule has 0 saturated heterocycles. The Morgan fingerprint density at radius 1 is 1.23 bits per heavy atom. The van der Waals surface area contributed by atoms with Gasteiger partial charge in [-0.05, 0) is 31.5 Å². The smallest absolute Gasteiger partial charge is 0.350 e. The van der Waals surface area contributed by atoms with Gasteiger partial charge in [0.25, 0.3) is 0 Å². The van der Waals surface area contributed by atoms with Crippen LogP contribution in [0.1, 0.15) is 45.9 Å². The number of rotatable bonds is 5. The number of carbonyl (C=O) groups is 1. The van der Waals surface area contributed by atoms with Gasteiger partial charge in [-0.15, -0.1) is 0 Å². The van der Waals surface area contributed by atoms with Gasteiger partial charge in [-0.3, -0.25) is 0 Å². The number of hydrazone groups is 1. The Morgan fingerprint density at radius 3 is 2.70 bits per heavy atom. The third kappa shape index (κ3) is 4.08. The van der Waals surface area contributed by atoms with Gasteiger partial charge in [0.05, 0.1) is 29.1 Å². The van der Waals surface area contributed by atoms with Gasteiger partial charge in [-0.2, -0.15) is 5.10 Å². The van der Waals surface area contributed by atoms with Crippen LogP contribution >= 0.6 is 34.5 Å². The monoisotopic (exact) mass is 459 g/mol. The molecule has 1 atom stereocenters. The van der Waals surface area contributed by atoms with Crippen LogP contribution in [0.25, 0.3) is 0 Å². The third-order valence-corrected chi connectivity index (χ3v) is 6.45. The summed E-state index contributed by atoms with van der Waals surface area (Å²) in [5, 5.41) is 8.50. The van der Waals surface area contributed by atoms with Gasteiger partial charge in [0.1, 0.15) is 4.88 Å². The molecule has 0 N–H and O–H groups in total. The molecule has 0 radical (unpaired) electrons. The van der Waals surface area contributed by atoms with E-state index in [-0.39, 0.29) is 12.0 Å². The fraction of sp³-hybridized carbons (Fsp3) is 0.227. The SMILES string of the molecule is CCOC(=O)c1sc(N2N=C(c3ccc(Cl)cc3Cl)C[C@@H]2c2ccccc2)nc1C. The van der Waals surface area contributed by atoms with Crippen LogP contribution in [0.5, 0.6) is 0 Å².